The zero-order valence-corrected chi connectivity index (χ0v) is 22.1. The molecule has 1 N–H and O–H groups in total. The first kappa shape index (κ1) is 28.9. The van der Waals surface area contributed by atoms with Gasteiger partial charge in [0.1, 0.15) is 16.4 Å². The molecule has 0 saturated carbocycles. The summed E-state index contributed by atoms with van der Waals surface area (Å²) in [5.74, 6) is -0.0201. The van der Waals surface area contributed by atoms with Crippen LogP contribution in [0.15, 0.2) is 94.3 Å². The second kappa shape index (κ2) is 12.8. The maximum absolute atomic E-state index is 12.8. The summed E-state index contributed by atoms with van der Waals surface area (Å²) in [6.07, 6.45) is 3.41. The molecule has 4 rings (SSSR count). The van der Waals surface area contributed by atoms with Crippen LogP contribution in [0.2, 0.25) is 0 Å². The Kier molecular flexibility index (Phi) is 9.98. The van der Waals surface area contributed by atoms with E-state index in [-0.39, 0.29) is 40.2 Å². The van der Waals surface area contributed by atoms with Gasteiger partial charge in [0.25, 0.3) is 15.9 Å². The third kappa shape index (κ3) is 7.24. The summed E-state index contributed by atoms with van der Waals surface area (Å²) in [7, 11) is -1.22. The van der Waals surface area contributed by atoms with Crippen molar-refractivity contribution < 1.29 is 22.7 Å². The monoisotopic (exact) mass is 589 g/mol. The first-order valence-corrected chi connectivity index (χ1v) is 13.3. The van der Waals surface area contributed by atoms with Gasteiger partial charge in [-0.15, -0.1) is 0 Å². The number of sulfonamides is 1. The van der Waals surface area contributed by atoms with E-state index < -0.39 is 15.9 Å². The van der Waals surface area contributed by atoms with Crippen LogP contribution in [0.25, 0.3) is 16.8 Å². The minimum atomic E-state index is -4.15. The first-order valence-electron chi connectivity index (χ1n) is 11.0. The Bertz CT molecular complexity index is 1570. The van der Waals surface area contributed by atoms with Crippen LogP contribution in [0.5, 0.6) is 11.5 Å². The molecule has 0 aliphatic rings. The van der Waals surface area contributed by atoms with Gasteiger partial charge in [0.05, 0.1) is 14.2 Å². The Labute approximate surface area is 247 Å². The van der Waals surface area contributed by atoms with Crippen LogP contribution < -0.4 is 14.2 Å². The van der Waals surface area contributed by atoms with Crippen LogP contribution in [0.3, 0.4) is 0 Å². The number of nitrogens with one attached hydrogen (secondary N) is 1. The van der Waals surface area contributed by atoms with Crippen LogP contribution in [-0.2, 0) is 21.2 Å². The van der Waals surface area contributed by atoms with Gasteiger partial charge in [-0.2, -0.15) is 0 Å². The van der Waals surface area contributed by atoms with Crippen molar-refractivity contribution in [1.29, 1.82) is 0 Å². The number of carbonyl (C=O) groups is 1. The molecular formula is C28H25BrNNaO5S. The van der Waals surface area contributed by atoms with E-state index in [1.54, 1.807) is 19.3 Å². The molecule has 6 nitrogen and oxygen atoms in total. The van der Waals surface area contributed by atoms with Gasteiger partial charge >= 0.3 is 29.6 Å². The Hall–Kier alpha value is -2.62. The summed E-state index contributed by atoms with van der Waals surface area (Å²) >= 11 is 3.25. The molecule has 9 heteroatoms. The number of carbonyl (C=O) groups excluding carboxylic acids is 1. The molecule has 0 aromatic heterocycles. The van der Waals surface area contributed by atoms with Crippen molar-refractivity contribution in [2.24, 2.45) is 0 Å². The predicted octanol–water partition coefficient (Wildman–Crippen LogP) is 5.08. The average molecular weight is 590 g/mol. The van der Waals surface area contributed by atoms with Crippen molar-refractivity contribution in [2.75, 3.05) is 14.2 Å². The fraction of sp³-hybridized carbons (Fsp3) is 0.107. The molecule has 4 aromatic carbocycles. The molecule has 0 radical (unpaired) electrons. The van der Waals surface area contributed by atoms with Crippen molar-refractivity contribution in [3.05, 3.63) is 106 Å². The predicted molar refractivity (Wildman–Crippen MR) is 152 cm³/mol. The van der Waals surface area contributed by atoms with Crippen LogP contribution in [0, 0.1) is 0 Å². The van der Waals surface area contributed by atoms with Gasteiger partial charge in [-0.1, -0.05) is 64.5 Å². The molecule has 186 valence electrons. The van der Waals surface area contributed by atoms with Crippen molar-refractivity contribution in [3.63, 3.8) is 0 Å². The SMILES string of the molecule is COc1ccc(Cc2ccc3ccccc3c2)c(C=CC(=O)NS(=O)(=O)c2cc(Br)ccc2OC)c1.[NaH]. The number of ether oxygens (including phenoxy) is 2. The summed E-state index contributed by atoms with van der Waals surface area (Å²) in [6.45, 7) is 0. The molecule has 0 heterocycles. The van der Waals surface area contributed by atoms with Gasteiger partial charge in [0.15, 0.2) is 0 Å². The summed E-state index contributed by atoms with van der Waals surface area (Å²) < 4.78 is 38.7. The molecule has 0 fully saturated rings. The van der Waals surface area contributed by atoms with Crippen LogP contribution >= 0.6 is 15.9 Å². The average Bonchev–Trinajstić information content (AvgIpc) is 2.87. The van der Waals surface area contributed by atoms with E-state index in [1.807, 2.05) is 30.3 Å². The molecule has 37 heavy (non-hydrogen) atoms. The molecule has 4 aromatic rings. The molecule has 0 aliphatic heterocycles. The Morgan fingerprint density at radius 2 is 1.68 bits per heavy atom. The molecule has 1 amide bonds. The fourth-order valence-electron chi connectivity index (χ4n) is 3.83. The summed E-state index contributed by atoms with van der Waals surface area (Å²) in [6, 6.07) is 24.6. The van der Waals surface area contributed by atoms with Crippen molar-refractivity contribution in [3.8, 4) is 11.5 Å². The number of fused-ring (bicyclic) bond motifs is 1. The van der Waals surface area contributed by atoms with E-state index in [0.717, 1.165) is 27.5 Å². The minimum absolute atomic E-state index is 0. The maximum atomic E-state index is 12.8. The van der Waals surface area contributed by atoms with E-state index in [0.29, 0.717) is 16.6 Å². The van der Waals surface area contributed by atoms with E-state index in [9.17, 15) is 13.2 Å². The summed E-state index contributed by atoms with van der Waals surface area (Å²) in [5, 5.41) is 2.31. The van der Waals surface area contributed by atoms with E-state index in [1.165, 1.54) is 25.3 Å². The number of amides is 1. The second-order valence-electron chi connectivity index (χ2n) is 8.02. The zero-order valence-electron chi connectivity index (χ0n) is 19.7. The molecule has 0 atom stereocenters. The van der Waals surface area contributed by atoms with Crippen molar-refractivity contribution in [2.45, 2.75) is 11.3 Å². The number of hydrogen-bond donors (Lipinski definition) is 1. The molecule has 0 saturated heterocycles. The van der Waals surface area contributed by atoms with Gasteiger partial charge in [0.2, 0.25) is 0 Å². The Morgan fingerprint density at radius 1 is 0.919 bits per heavy atom. The third-order valence-corrected chi connectivity index (χ3v) is 7.49. The van der Waals surface area contributed by atoms with Crippen LogP contribution in [0.4, 0.5) is 0 Å². The Balaban J connectivity index is 0.00000380. The third-order valence-electron chi connectivity index (χ3n) is 5.63. The van der Waals surface area contributed by atoms with Gasteiger partial charge < -0.3 is 9.47 Å². The Morgan fingerprint density at radius 3 is 2.41 bits per heavy atom. The normalized spacial score (nSPS) is 11.2. The van der Waals surface area contributed by atoms with Gasteiger partial charge in [-0.25, -0.2) is 13.1 Å². The standard InChI is InChI=1S/C28H24BrNO5S.Na.H/c1-34-25-12-9-22(16-19-7-8-20-5-3-4-6-21(20)15-19)23(17-25)10-14-28(31)30-36(32,33)27-18-24(29)11-13-26(27)35-2;;/h3-15,17-18H,16H2,1-2H3,(H,30,31);;. The summed E-state index contributed by atoms with van der Waals surface area (Å²) in [5.41, 5.74) is 2.82. The molecular weight excluding hydrogens is 565 g/mol. The number of halogens is 1. The number of benzene rings is 4. The number of rotatable bonds is 8. The quantitative estimate of drug-likeness (QED) is 0.229. The van der Waals surface area contributed by atoms with Gasteiger partial charge in [0, 0.05) is 10.5 Å². The molecule has 0 bridgehead atoms. The fourth-order valence-corrected chi connectivity index (χ4v) is 5.49. The van der Waals surface area contributed by atoms with Gasteiger partial charge in [-0.3, -0.25) is 4.79 Å². The first-order chi connectivity index (χ1) is 17.3. The topological polar surface area (TPSA) is 81.7 Å². The van der Waals surface area contributed by atoms with Gasteiger partial charge in [-0.05, 0) is 70.3 Å². The second-order valence-corrected chi connectivity index (χ2v) is 10.6. The van der Waals surface area contributed by atoms with E-state index in [4.69, 9.17) is 9.47 Å². The van der Waals surface area contributed by atoms with Crippen molar-refractivity contribution in [1.82, 2.24) is 4.72 Å². The van der Waals surface area contributed by atoms with Crippen LogP contribution in [-0.4, -0.2) is 58.1 Å². The number of hydrogen-bond acceptors (Lipinski definition) is 5. The number of methoxy groups -OCH3 is 2. The van der Waals surface area contributed by atoms with E-state index in [2.05, 4.69) is 51.0 Å². The van der Waals surface area contributed by atoms with Crippen molar-refractivity contribution >= 4 is 78.3 Å². The molecule has 0 unspecified atom stereocenters. The zero-order chi connectivity index (χ0) is 25.7. The van der Waals surface area contributed by atoms with E-state index >= 15 is 0 Å². The van der Waals surface area contributed by atoms with Crippen LogP contribution in [0.1, 0.15) is 16.7 Å². The summed E-state index contributed by atoms with van der Waals surface area (Å²) in [4.78, 5) is 12.5. The molecule has 0 aliphatic carbocycles. The molecule has 0 spiro atoms.